The Morgan fingerprint density at radius 1 is 1.23 bits per heavy atom. The molecule has 0 amide bonds. The number of benzene rings is 1. The lowest BCUT2D eigenvalue weighted by Gasteiger charge is -2.24. The van der Waals surface area contributed by atoms with Crippen molar-refractivity contribution in [2.75, 3.05) is 6.61 Å². The van der Waals surface area contributed by atoms with E-state index in [2.05, 4.69) is 18.8 Å². The van der Waals surface area contributed by atoms with Crippen molar-refractivity contribution in [3.8, 4) is 28.4 Å². The van der Waals surface area contributed by atoms with Crippen LogP contribution < -0.4 is 19.9 Å². The second kappa shape index (κ2) is 7.86. The van der Waals surface area contributed by atoms with Gasteiger partial charge in [0, 0.05) is 29.6 Å². The van der Waals surface area contributed by atoms with Gasteiger partial charge >= 0.3 is 6.61 Å². The lowest BCUT2D eigenvalue weighted by Crippen LogP contribution is -2.29. The van der Waals surface area contributed by atoms with Crippen LogP contribution in [0.5, 0.6) is 17.2 Å². The van der Waals surface area contributed by atoms with Gasteiger partial charge in [-0.05, 0) is 36.1 Å². The standard InChI is InChI=1S/C19H22F2N2O3/c1-11(2)7-13(22)10-24-16-4-3-15-14-5-6-23-8-12(14)9-25-17(15)18(16)26-19(20)21/h3-6,8,11,13,19H,7,9-10,22H2,1-2H3. The maximum Gasteiger partial charge on any atom is 0.387 e. The van der Waals surface area contributed by atoms with E-state index in [0.29, 0.717) is 11.5 Å². The number of alkyl halides is 2. The van der Waals surface area contributed by atoms with Crippen LogP contribution in [0.4, 0.5) is 8.78 Å². The fourth-order valence-electron chi connectivity index (χ4n) is 3.04. The van der Waals surface area contributed by atoms with E-state index in [4.69, 9.17) is 19.9 Å². The fourth-order valence-corrected chi connectivity index (χ4v) is 3.04. The van der Waals surface area contributed by atoms with Crippen LogP contribution in [0.2, 0.25) is 0 Å². The summed E-state index contributed by atoms with van der Waals surface area (Å²) in [5.74, 6) is 0.763. The third-order valence-electron chi connectivity index (χ3n) is 4.08. The Bertz CT molecular complexity index is 768. The van der Waals surface area contributed by atoms with Gasteiger partial charge in [-0.25, -0.2) is 0 Å². The van der Waals surface area contributed by atoms with Crippen molar-refractivity contribution < 1.29 is 23.0 Å². The molecular weight excluding hydrogens is 342 g/mol. The molecule has 3 rings (SSSR count). The summed E-state index contributed by atoms with van der Waals surface area (Å²) in [6, 6.07) is 5.01. The van der Waals surface area contributed by atoms with Crippen LogP contribution in [-0.4, -0.2) is 24.2 Å². The molecule has 0 bridgehead atoms. The molecule has 0 radical (unpaired) electrons. The van der Waals surface area contributed by atoms with Gasteiger partial charge in [-0.15, -0.1) is 0 Å². The molecule has 2 aromatic rings. The molecule has 0 saturated carbocycles. The molecule has 0 saturated heterocycles. The second-order valence-electron chi connectivity index (χ2n) is 6.67. The van der Waals surface area contributed by atoms with Crippen molar-refractivity contribution in [1.82, 2.24) is 4.98 Å². The van der Waals surface area contributed by atoms with E-state index < -0.39 is 6.61 Å². The van der Waals surface area contributed by atoms with Gasteiger partial charge in [-0.2, -0.15) is 8.78 Å². The van der Waals surface area contributed by atoms with Gasteiger partial charge in [-0.1, -0.05) is 13.8 Å². The Morgan fingerprint density at radius 3 is 2.77 bits per heavy atom. The number of pyridine rings is 1. The first kappa shape index (κ1) is 18.4. The van der Waals surface area contributed by atoms with Gasteiger partial charge in [0.2, 0.25) is 5.75 Å². The van der Waals surface area contributed by atoms with Crippen molar-refractivity contribution in [3.05, 3.63) is 36.2 Å². The topological polar surface area (TPSA) is 66.6 Å². The lowest BCUT2D eigenvalue weighted by atomic mass is 9.98. The van der Waals surface area contributed by atoms with Crippen LogP contribution in [0.3, 0.4) is 0 Å². The molecule has 0 spiro atoms. The van der Waals surface area contributed by atoms with Gasteiger partial charge in [0.25, 0.3) is 0 Å². The average molecular weight is 364 g/mol. The number of nitrogens with two attached hydrogens (primary N) is 1. The molecule has 1 aliphatic heterocycles. The first-order valence-electron chi connectivity index (χ1n) is 8.52. The highest BCUT2D eigenvalue weighted by Crippen LogP contribution is 2.48. The van der Waals surface area contributed by atoms with E-state index in [9.17, 15) is 8.78 Å². The number of aromatic nitrogens is 1. The van der Waals surface area contributed by atoms with E-state index in [0.717, 1.165) is 17.5 Å². The first-order valence-corrected chi connectivity index (χ1v) is 8.52. The number of fused-ring (bicyclic) bond motifs is 3. The average Bonchev–Trinajstić information content (AvgIpc) is 2.59. The summed E-state index contributed by atoms with van der Waals surface area (Å²) in [6.07, 6.45) is 4.12. The number of hydrogen-bond acceptors (Lipinski definition) is 5. The molecular formula is C19H22F2N2O3. The first-order chi connectivity index (χ1) is 12.5. The van der Waals surface area contributed by atoms with E-state index in [1.807, 2.05) is 6.07 Å². The fraction of sp³-hybridized carbons (Fsp3) is 0.421. The van der Waals surface area contributed by atoms with Crippen molar-refractivity contribution >= 4 is 0 Å². The zero-order valence-electron chi connectivity index (χ0n) is 14.7. The molecule has 1 unspecified atom stereocenters. The quantitative estimate of drug-likeness (QED) is 0.804. The predicted molar refractivity (Wildman–Crippen MR) is 93.6 cm³/mol. The van der Waals surface area contributed by atoms with Gasteiger partial charge < -0.3 is 19.9 Å². The van der Waals surface area contributed by atoms with Gasteiger partial charge in [0.05, 0.1) is 0 Å². The number of nitrogens with zero attached hydrogens (tertiary/aromatic N) is 1. The predicted octanol–water partition coefficient (Wildman–Crippen LogP) is 3.99. The summed E-state index contributed by atoms with van der Waals surface area (Å²) >= 11 is 0. The highest BCUT2D eigenvalue weighted by Gasteiger charge is 2.26. The van der Waals surface area contributed by atoms with Crippen LogP contribution >= 0.6 is 0 Å². The SMILES string of the molecule is CC(C)CC(N)COc1ccc2c(c1OC(F)F)OCc1cnccc1-2. The zero-order valence-corrected chi connectivity index (χ0v) is 14.7. The third-order valence-corrected chi connectivity index (χ3v) is 4.08. The molecule has 2 heterocycles. The minimum atomic E-state index is -2.99. The molecule has 1 atom stereocenters. The largest absolute Gasteiger partial charge is 0.488 e. The van der Waals surface area contributed by atoms with Crippen LogP contribution in [0.15, 0.2) is 30.6 Å². The summed E-state index contributed by atoms with van der Waals surface area (Å²) in [5.41, 5.74) is 8.46. The Balaban J connectivity index is 1.92. The molecule has 2 N–H and O–H groups in total. The molecule has 1 aromatic heterocycles. The lowest BCUT2D eigenvalue weighted by molar-refractivity contribution is -0.0533. The summed E-state index contributed by atoms with van der Waals surface area (Å²) in [7, 11) is 0. The highest BCUT2D eigenvalue weighted by molar-refractivity contribution is 5.79. The Kier molecular flexibility index (Phi) is 5.56. The summed E-state index contributed by atoms with van der Waals surface area (Å²) < 4.78 is 42.0. The molecule has 26 heavy (non-hydrogen) atoms. The van der Waals surface area contributed by atoms with E-state index in [1.165, 1.54) is 0 Å². The number of rotatable bonds is 7. The van der Waals surface area contributed by atoms with Crippen LogP contribution in [0.25, 0.3) is 11.1 Å². The van der Waals surface area contributed by atoms with Crippen LogP contribution in [0.1, 0.15) is 25.8 Å². The summed E-state index contributed by atoms with van der Waals surface area (Å²) in [6.45, 7) is 1.56. The Morgan fingerprint density at radius 2 is 2.04 bits per heavy atom. The number of halogens is 2. The summed E-state index contributed by atoms with van der Waals surface area (Å²) in [4.78, 5) is 4.06. The van der Waals surface area contributed by atoms with Gasteiger partial charge in [0.15, 0.2) is 11.5 Å². The van der Waals surface area contributed by atoms with Gasteiger partial charge in [-0.3, -0.25) is 4.98 Å². The highest BCUT2D eigenvalue weighted by atomic mass is 19.3. The number of ether oxygens (including phenoxy) is 3. The normalized spacial score (nSPS) is 13.8. The molecule has 5 nitrogen and oxygen atoms in total. The van der Waals surface area contributed by atoms with Gasteiger partial charge in [0.1, 0.15) is 13.2 Å². The monoisotopic (exact) mass is 364 g/mol. The molecule has 0 fully saturated rings. The number of hydrogen-bond donors (Lipinski definition) is 1. The van der Waals surface area contributed by atoms with Crippen molar-refractivity contribution in [2.45, 2.75) is 39.5 Å². The summed E-state index contributed by atoms with van der Waals surface area (Å²) in [5, 5.41) is 0. The van der Waals surface area contributed by atoms with E-state index in [-0.39, 0.29) is 36.5 Å². The minimum Gasteiger partial charge on any atom is -0.488 e. The molecule has 0 aliphatic carbocycles. The van der Waals surface area contributed by atoms with E-state index >= 15 is 0 Å². The van der Waals surface area contributed by atoms with Crippen molar-refractivity contribution in [3.63, 3.8) is 0 Å². The van der Waals surface area contributed by atoms with Crippen LogP contribution in [-0.2, 0) is 6.61 Å². The van der Waals surface area contributed by atoms with Crippen LogP contribution in [0, 0.1) is 5.92 Å². The second-order valence-corrected chi connectivity index (χ2v) is 6.67. The third kappa shape index (κ3) is 4.04. The zero-order chi connectivity index (χ0) is 18.7. The maximum atomic E-state index is 13.0. The minimum absolute atomic E-state index is 0.100. The molecule has 1 aromatic carbocycles. The smallest absolute Gasteiger partial charge is 0.387 e. The maximum absolute atomic E-state index is 13.0. The van der Waals surface area contributed by atoms with Crippen molar-refractivity contribution in [1.29, 1.82) is 0 Å². The molecule has 7 heteroatoms. The van der Waals surface area contributed by atoms with E-state index in [1.54, 1.807) is 24.5 Å². The molecule has 140 valence electrons. The Labute approximate surface area is 151 Å². The Hall–Kier alpha value is -2.41. The molecule has 1 aliphatic rings. The van der Waals surface area contributed by atoms with Crippen molar-refractivity contribution in [2.24, 2.45) is 11.7 Å².